The minimum absolute atomic E-state index is 0.255. The number of nitrogens with zero attached hydrogens (tertiary/aromatic N) is 3. The van der Waals surface area contributed by atoms with Gasteiger partial charge in [-0.25, -0.2) is 13.6 Å². The first-order valence-electron chi connectivity index (χ1n) is 6.07. The van der Waals surface area contributed by atoms with E-state index < -0.39 is 29.7 Å². The Hall–Kier alpha value is -1.56. The van der Waals surface area contributed by atoms with Gasteiger partial charge in [0.25, 0.3) is 5.92 Å². The summed E-state index contributed by atoms with van der Waals surface area (Å²) in [7, 11) is 0. The highest BCUT2D eigenvalue weighted by Gasteiger charge is 2.47. The Morgan fingerprint density at radius 1 is 1.53 bits per heavy atom. The molecule has 1 amide bonds. The van der Waals surface area contributed by atoms with Gasteiger partial charge in [-0.05, 0) is 39.1 Å². The van der Waals surface area contributed by atoms with Gasteiger partial charge in [-0.15, -0.1) is 0 Å². The van der Waals surface area contributed by atoms with Gasteiger partial charge in [0.15, 0.2) is 0 Å². The molecule has 6 nitrogen and oxygen atoms in total. The molecule has 1 N–H and O–H groups in total. The number of carbonyl (C=O) groups is 1. The largest absolute Gasteiger partial charge is 0.444 e. The van der Waals surface area contributed by atoms with E-state index in [1.54, 1.807) is 20.8 Å². The zero-order chi connectivity index (χ0) is 14.7. The van der Waals surface area contributed by atoms with E-state index in [-0.39, 0.29) is 12.8 Å². The monoisotopic (exact) mass is 276 g/mol. The van der Waals surface area contributed by atoms with Gasteiger partial charge in [-0.2, -0.15) is 0 Å². The quantitative estimate of drug-likeness (QED) is 0.476. The van der Waals surface area contributed by atoms with Gasteiger partial charge in [0, 0.05) is 17.4 Å². The van der Waals surface area contributed by atoms with Crippen molar-refractivity contribution in [1.29, 1.82) is 0 Å². The fraction of sp³-hybridized carbons (Fsp3) is 0.909. The lowest BCUT2D eigenvalue weighted by Crippen LogP contribution is -2.53. The zero-order valence-corrected chi connectivity index (χ0v) is 11.2. The molecule has 1 rings (SSSR count). The number of alkyl halides is 2. The lowest BCUT2D eigenvalue weighted by molar-refractivity contribution is -0.0627. The number of hydrogen-bond donors (Lipinski definition) is 1. The van der Waals surface area contributed by atoms with Crippen LogP contribution in [0.4, 0.5) is 13.6 Å². The second kappa shape index (κ2) is 5.61. The standard InChI is InChI=1S/C11H18F2N4O2/c1-10(2,3)19-9(18)15-7-5-4-6-11(12,13)8(7)16-17-14/h7-8H,4-6H2,1-3H3,(H,15,18)/t7-,8?/m0/s1. The summed E-state index contributed by atoms with van der Waals surface area (Å²) in [5, 5.41) is 5.49. The highest BCUT2D eigenvalue weighted by atomic mass is 19.3. The fourth-order valence-electron chi connectivity index (χ4n) is 1.99. The Morgan fingerprint density at radius 3 is 2.68 bits per heavy atom. The second-order valence-electron chi connectivity index (χ2n) is 5.56. The topological polar surface area (TPSA) is 87.1 Å². The van der Waals surface area contributed by atoms with Crippen LogP contribution in [-0.2, 0) is 4.74 Å². The van der Waals surface area contributed by atoms with Crippen LogP contribution in [0.5, 0.6) is 0 Å². The van der Waals surface area contributed by atoms with Crippen molar-refractivity contribution in [2.45, 2.75) is 63.6 Å². The van der Waals surface area contributed by atoms with Gasteiger partial charge in [-0.1, -0.05) is 5.11 Å². The van der Waals surface area contributed by atoms with Crippen LogP contribution in [0.3, 0.4) is 0 Å². The SMILES string of the molecule is CC(C)(C)OC(=O)N[C@H]1CCCC(F)(F)C1N=[N+]=[N-]. The first-order valence-corrected chi connectivity index (χ1v) is 6.07. The molecule has 0 spiro atoms. The normalized spacial score (nSPS) is 26.2. The second-order valence-corrected chi connectivity index (χ2v) is 5.56. The first kappa shape index (κ1) is 15.5. The van der Waals surface area contributed by atoms with Crippen molar-refractivity contribution < 1.29 is 18.3 Å². The van der Waals surface area contributed by atoms with Crippen LogP contribution in [0.2, 0.25) is 0 Å². The van der Waals surface area contributed by atoms with Gasteiger partial charge in [0.2, 0.25) is 0 Å². The molecule has 1 aliphatic carbocycles. The molecule has 1 aliphatic rings. The zero-order valence-electron chi connectivity index (χ0n) is 11.2. The molecular formula is C11H18F2N4O2. The number of alkyl carbamates (subject to hydrolysis) is 1. The van der Waals surface area contributed by atoms with E-state index in [2.05, 4.69) is 15.3 Å². The maximum Gasteiger partial charge on any atom is 0.407 e. The summed E-state index contributed by atoms with van der Waals surface area (Å²) in [4.78, 5) is 14.0. The Morgan fingerprint density at radius 2 is 2.16 bits per heavy atom. The molecule has 0 radical (unpaired) electrons. The van der Waals surface area contributed by atoms with Gasteiger partial charge < -0.3 is 10.1 Å². The molecule has 108 valence electrons. The summed E-state index contributed by atoms with van der Waals surface area (Å²) >= 11 is 0. The summed E-state index contributed by atoms with van der Waals surface area (Å²) in [5.41, 5.74) is 7.66. The predicted molar refractivity (Wildman–Crippen MR) is 64.9 cm³/mol. The van der Waals surface area contributed by atoms with Gasteiger partial charge in [0.1, 0.15) is 11.6 Å². The highest BCUT2D eigenvalue weighted by Crippen LogP contribution is 2.36. The molecule has 1 fully saturated rings. The van der Waals surface area contributed by atoms with Crippen molar-refractivity contribution in [3.8, 4) is 0 Å². The first-order chi connectivity index (χ1) is 8.65. The van der Waals surface area contributed by atoms with E-state index in [0.717, 1.165) is 0 Å². The van der Waals surface area contributed by atoms with Crippen LogP contribution in [0.25, 0.3) is 10.4 Å². The fourth-order valence-corrected chi connectivity index (χ4v) is 1.99. The third-order valence-electron chi connectivity index (χ3n) is 2.72. The molecule has 0 heterocycles. The lowest BCUT2D eigenvalue weighted by atomic mass is 9.87. The van der Waals surface area contributed by atoms with Crippen LogP contribution in [-0.4, -0.2) is 29.7 Å². The van der Waals surface area contributed by atoms with Crippen LogP contribution < -0.4 is 5.32 Å². The number of azide groups is 1. The van der Waals surface area contributed by atoms with Crippen molar-refractivity contribution in [2.24, 2.45) is 5.11 Å². The van der Waals surface area contributed by atoms with E-state index in [1.807, 2.05) is 0 Å². The summed E-state index contributed by atoms with van der Waals surface area (Å²) in [6.45, 7) is 5.02. The Kier molecular flexibility index (Phi) is 4.57. The minimum Gasteiger partial charge on any atom is -0.444 e. The van der Waals surface area contributed by atoms with Crippen molar-refractivity contribution in [2.75, 3.05) is 0 Å². The summed E-state index contributed by atoms with van der Waals surface area (Å²) in [5.74, 6) is -3.11. The molecular weight excluding hydrogens is 258 g/mol. The van der Waals surface area contributed by atoms with Crippen LogP contribution in [0, 0.1) is 0 Å². The number of ether oxygens (including phenoxy) is 1. The van der Waals surface area contributed by atoms with E-state index in [9.17, 15) is 13.6 Å². The summed E-state index contributed by atoms with van der Waals surface area (Å²) in [6, 6.07) is -2.48. The van der Waals surface area contributed by atoms with E-state index in [1.165, 1.54) is 0 Å². The minimum atomic E-state index is -3.11. The van der Waals surface area contributed by atoms with Crippen molar-refractivity contribution in [1.82, 2.24) is 5.32 Å². The molecule has 0 bridgehead atoms. The number of carbonyl (C=O) groups excluding carboxylic acids is 1. The molecule has 0 saturated heterocycles. The maximum atomic E-state index is 13.6. The lowest BCUT2D eigenvalue weighted by Gasteiger charge is -2.35. The molecule has 2 atom stereocenters. The Balaban J connectivity index is 2.74. The average molecular weight is 276 g/mol. The predicted octanol–water partition coefficient (Wildman–Crippen LogP) is 3.38. The molecule has 0 aromatic rings. The average Bonchev–Trinajstić information content (AvgIpc) is 2.20. The summed E-state index contributed by atoms with van der Waals surface area (Å²) in [6.07, 6.45) is -0.541. The smallest absolute Gasteiger partial charge is 0.407 e. The van der Waals surface area contributed by atoms with Gasteiger partial charge in [0.05, 0.1) is 0 Å². The van der Waals surface area contributed by atoms with Crippen molar-refractivity contribution >= 4 is 6.09 Å². The van der Waals surface area contributed by atoms with E-state index >= 15 is 0 Å². The van der Waals surface area contributed by atoms with Gasteiger partial charge >= 0.3 is 6.09 Å². The molecule has 8 heteroatoms. The van der Waals surface area contributed by atoms with Crippen molar-refractivity contribution in [3.63, 3.8) is 0 Å². The Bertz CT molecular complexity index is 389. The van der Waals surface area contributed by atoms with Crippen LogP contribution in [0.1, 0.15) is 40.0 Å². The number of halogens is 2. The third-order valence-corrected chi connectivity index (χ3v) is 2.72. The highest BCUT2D eigenvalue weighted by molar-refractivity contribution is 5.68. The molecule has 1 saturated carbocycles. The maximum absolute atomic E-state index is 13.6. The summed E-state index contributed by atoms with van der Waals surface area (Å²) < 4.78 is 32.3. The number of hydrogen-bond acceptors (Lipinski definition) is 3. The number of amides is 1. The third kappa shape index (κ3) is 4.55. The number of rotatable bonds is 2. The Labute approximate surface area is 110 Å². The molecule has 0 aromatic carbocycles. The van der Waals surface area contributed by atoms with Crippen LogP contribution in [0.15, 0.2) is 5.11 Å². The van der Waals surface area contributed by atoms with E-state index in [4.69, 9.17) is 10.3 Å². The number of nitrogens with one attached hydrogen (secondary N) is 1. The van der Waals surface area contributed by atoms with Crippen molar-refractivity contribution in [3.05, 3.63) is 10.4 Å². The molecule has 1 unspecified atom stereocenters. The van der Waals surface area contributed by atoms with Gasteiger partial charge in [-0.3, -0.25) is 0 Å². The van der Waals surface area contributed by atoms with E-state index in [0.29, 0.717) is 6.42 Å². The molecule has 19 heavy (non-hydrogen) atoms. The molecule has 0 aromatic heterocycles. The molecule has 0 aliphatic heterocycles. The van der Waals surface area contributed by atoms with Crippen LogP contribution >= 0.6 is 0 Å².